The van der Waals surface area contributed by atoms with Crippen molar-refractivity contribution >= 4 is 17.4 Å². The molecule has 174 valence electrons. The van der Waals surface area contributed by atoms with Crippen molar-refractivity contribution in [3.05, 3.63) is 65.6 Å². The number of ether oxygens (including phenoxy) is 1. The summed E-state index contributed by atoms with van der Waals surface area (Å²) in [4.78, 5) is 36.6. The summed E-state index contributed by atoms with van der Waals surface area (Å²) in [5.41, 5.74) is 2.37. The predicted octanol–water partition coefficient (Wildman–Crippen LogP) is 1.76. The molecule has 4 rings (SSSR count). The SMILES string of the molecule is CC(C)Oc1ccc(C2=C(N3CCN(CCO)CC3)C(=O)N(Cc3cccnc3)C2=O)cc1. The summed E-state index contributed by atoms with van der Waals surface area (Å²) in [6.07, 6.45) is 3.38. The van der Waals surface area contributed by atoms with Gasteiger partial charge in [-0.15, -0.1) is 0 Å². The Morgan fingerprint density at radius 3 is 2.36 bits per heavy atom. The van der Waals surface area contributed by atoms with E-state index in [9.17, 15) is 14.7 Å². The van der Waals surface area contributed by atoms with E-state index < -0.39 is 0 Å². The van der Waals surface area contributed by atoms with Gasteiger partial charge in [0.25, 0.3) is 11.8 Å². The molecule has 0 atom stereocenters. The number of benzene rings is 1. The maximum Gasteiger partial charge on any atom is 0.278 e. The standard InChI is InChI=1S/C25H30N4O4/c1-18(2)33-21-7-5-20(6-8-21)22-23(28-12-10-27(11-13-28)14-15-30)25(32)29(24(22)31)17-19-4-3-9-26-16-19/h3-9,16,18,30H,10-15,17H2,1-2H3. The second kappa shape index (κ2) is 10.1. The minimum absolute atomic E-state index is 0.0468. The Morgan fingerprint density at radius 1 is 1.03 bits per heavy atom. The summed E-state index contributed by atoms with van der Waals surface area (Å²) in [6, 6.07) is 11.0. The first kappa shape index (κ1) is 22.9. The van der Waals surface area contributed by atoms with Crippen molar-refractivity contribution in [2.75, 3.05) is 39.3 Å². The molecule has 2 aliphatic rings. The lowest BCUT2D eigenvalue weighted by molar-refractivity contribution is -0.138. The molecule has 1 aromatic heterocycles. The number of carbonyl (C=O) groups excluding carboxylic acids is 2. The third-order valence-corrected chi connectivity index (χ3v) is 5.83. The van der Waals surface area contributed by atoms with Crippen LogP contribution in [0.15, 0.2) is 54.5 Å². The molecule has 8 heteroatoms. The summed E-state index contributed by atoms with van der Waals surface area (Å²) < 4.78 is 5.74. The molecule has 0 spiro atoms. The highest BCUT2D eigenvalue weighted by molar-refractivity contribution is 6.35. The van der Waals surface area contributed by atoms with Gasteiger partial charge < -0.3 is 14.7 Å². The van der Waals surface area contributed by atoms with Crippen molar-refractivity contribution in [1.29, 1.82) is 0 Å². The zero-order valence-electron chi connectivity index (χ0n) is 19.1. The van der Waals surface area contributed by atoms with Gasteiger partial charge in [0, 0.05) is 45.1 Å². The molecule has 0 unspecified atom stereocenters. The summed E-state index contributed by atoms with van der Waals surface area (Å²) in [5.74, 6) is 0.142. The molecule has 0 saturated carbocycles. The van der Waals surface area contributed by atoms with Crippen molar-refractivity contribution in [3.63, 3.8) is 0 Å². The molecule has 2 aliphatic heterocycles. The smallest absolute Gasteiger partial charge is 0.278 e. The number of β-amino-alcohol motifs (C(OH)–C–C–N with tert-alkyl or cyclic N) is 1. The third kappa shape index (κ3) is 5.07. The van der Waals surface area contributed by atoms with Crippen LogP contribution in [0.2, 0.25) is 0 Å². The summed E-state index contributed by atoms with van der Waals surface area (Å²) in [7, 11) is 0. The van der Waals surface area contributed by atoms with Crippen LogP contribution in [-0.4, -0.2) is 82.0 Å². The van der Waals surface area contributed by atoms with Crippen LogP contribution < -0.4 is 4.74 Å². The van der Waals surface area contributed by atoms with E-state index >= 15 is 0 Å². The number of nitrogens with zero attached hydrogens (tertiary/aromatic N) is 4. The first-order chi connectivity index (χ1) is 16.0. The van der Waals surface area contributed by atoms with Crippen LogP contribution >= 0.6 is 0 Å². The van der Waals surface area contributed by atoms with Gasteiger partial charge in [-0.25, -0.2) is 0 Å². The van der Waals surface area contributed by atoms with Crippen molar-refractivity contribution in [3.8, 4) is 5.75 Å². The van der Waals surface area contributed by atoms with Crippen LogP contribution in [0.4, 0.5) is 0 Å². The number of pyridine rings is 1. The average molecular weight is 451 g/mol. The maximum absolute atomic E-state index is 13.5. The number of aliphatic hydroxyl groups excluding tert-OH is 1. The predicted molar refractivity (Wildman–Crippen MR) is 124 cm³/mol. The average Bonchev–Trinajstić information content (AvgIpc) is 3.05. The first-order valence-electron chi connectivity index (χ1n) is 11.3. The first-order valence-corrected chi connectivity index (χ1v) is 11.3. The van der Waals surface area contributed by atoms with Crippen LogP contribution in [0.3, 0.4) is 0 Å². The fraction of sp³-hybridized carbons (Fsp3) is 0.400. The molecule has 1 aromatic carbocycles. The molecule has 2 aromatic rings. The molecule has 0 bridgehead atoms. The second-order valence-electron chi connectivity index (χ2n) is 8.52. The minimum atomic E-state index is -0.297. The lowest BCUT2D eigenvalue weighted by atomic mass is 10.0. The van der Waals surface area contributed by atoms with Crippen LogP contribution in [0.5, 0.6) is 5.75 Å². The molecule has 1 fully saturated rings. The quantitative estimate of drug-likeness (QED) is 0.614. The number of carbonyl (C=O) groups is 2. The van der Waals surface area contributed by atoms with Gasteiger partial charge in [-0.3, -0.25) is 24.4 Å². The summed E-state index contributed by atoms with van der Waals surface area (Å²) >= 11 is 0. The van der Waals surface area contributed by atoms with Crippen molar-refractivity contribution in [2.45, 2.75) is 26.5 Å². The third-order valence-electron chi connectivity index (χ3n) is 5.83. The van der Waals surface area contributed by atoms with Gasteiger partial charge in [0.05, 0.1) is 24.8 Å². The number of piperazine rings is 1. The molecule has 1 N–H and O–H groups in total. The Hall–Kier alpha value is -3.23. The molecule has 2 amide bonds. The molecular weight excluding hydrogens is 420 g/mol. The number of imide groups is 1. The van der Waals surface area contributed by atoms with Crippen LogP contribution in [0.1, 0.15) is 25.0 Å². The Kier molecular flexibility index (Phi) is 7.05. The Morgan fingerprint density at radius 2 is 1.76 bits per heavy atom. The molecule has 0 radical (unpaired) electrons. The van der Waals surface area contributed by atoms with Gasteiger partial charge in [-0.1, -0.05) is 18.2 Å². The zero-order chi connectivity index (χ0) is 23.4. The molecule has 1 saturated heterocycles. The number of hydrogen-bond donors (Lipinski definition) is 1. The van der Waals surface area contributed by atoms with Gasteiger partial charge in [0.1, 0.15) is 11.4 Å². The monoisotopic (exact) mass is 450 g/mol. The summed E-state index contributed by atoms with van der Waals surface area (Å²) in [5, 5.41) is 9.23. The highest BCUT2D eigenvalue weighted by Gasteiger charge is 2.42. The lowest BCUT2D eigenvalue weighted by Gasteiger charge is -2.36. The molecule has 0 aliphatic carbocycles. The van der Waals surface area contributed by atoms with E-state index in [4.69, 9.17) is 4.74 Å². The van der Waals surface area contributed by atoms with Crippen LogP contribution in [0, 0.1) is 0 Å². The highest BCUT2D eigenvalue weighted by Crippen LogP contribution is 2.34. The number of hydrogen-bond acceptors (Lipinski definition) is 7. The summed E-state index contributed by atoms with van der Waals surface area (Å²) in [6.45, 7) is 7.50. The highest BCUT2D eigenvalue weighted by atomic mass is 16.5. The van der Waals surface area contributed by atoms with E-state index in [-0.39, 0.29) is 31.1 Å². The Labute approximate surface area is 194 Å². The van der Waals surface area contributed by atoms with E-state index in [1.165, 1.54) is 4.90 Å². The largest absolute Gasteiger partial charge is 0.491 e. The van der Waals surface area contributed by atoms with Gasteiger partial charge in [-0.2, -0.15) is 0 Å². The molecule has 33 heavy (non-hydrogen) atoms. The Bertz CT molecular complexity index is 1010. The van der Waals surface area contributed by atoms with E-state index in [2.05, 4.69) is 9.88 Å². The van der Waals surface area contributed by atoms with Crippen molar-refractivity contribution in [2.24, 2.45) is 0 Å². The number of rotatable bonds is 8. The molecule has 3 heterocycles. The van der Waals surface area contributed by atoms with E-state index in [1.807, 2.05) is 49.1 Å². The molecule has 8 nitrogen and oxygen atoms in total. The fourth-order valence-corrected chi connectivity index (χ4v) is 4.24. The van der Waals surface area contributed by atoms with Gasteiger partial charge in [0.2, 0.25) is 0 Å². The lowest BCUT2D eigenvalue weighted by Crippen LogP contribution is -2.48. The normalized spacial score (nSPS) is 17.5. The van der Waals surface area contributed by atoms with Crippen LogP contribution in [-0.2, 0) is 16.1 Å². The zero-order valence-corrected chi connectivity index (χ0v) is 19.1. The van der Waals surface area contributed by atoms with Gasteiger partial charge >= 0.3 is 0 Å². The number of aliphatic hydroxyl groups is 1. The second-order valence-corrected chi connectivity index (χ2v) is 8.52. The molecular formula is C25H30N4O4. The van der Waals surface area contributed by atoms with Crippen LogP contribution in [0.25, 0.3) is 5.57 Å². The number of amides is 2. The minimum Gasteiger partial charge on any atom is -0.491 e. The van der Waals surface area contributed by atoms with E-state index in [1.54, 1.807) is 18.5 Å². The number of aromatic nitrogens is 1. The fourth-order valence-electron chi connectivity index (χ4n) is 4.24. The van der Waals surface area contributed by atoms with Gasteiger partial charge in [-0.05, 0) is 43.2 Å². The topological polar surface area (TPSA) is 86.2 Å². The van der Waals surface area contributed by atoms with E-state index in [0.717, 1.165) is 24.4 Å². The maximum atomic E-state index is 13.5. The van der Waals surface area contributed by atoms with Crippen molar-refractivity contribution in [1.82, 2.24) is 19.7 Å². The van der Waals surface area contributed by atoms with E-state index in [0.29, 0.717) is 36.5 Å². The Balaban J connectivity index is 1.65. The van der Waals surface area contributed by atoms with Gasteiger partial charge in [0.15, 0.2) is 0 Å². The van der Waals surface area contributed by atoms with Crippen molar-refractivity contribution < 1.29 is 19.4 Å².